The lowest BCUT2D eigenvalue weighted by Gasteiger charge is -2.31. The molecule has 2 aromatic carbocycles. The molecule has 2 atom stereocenters. The van der Waals surface area contributed by atoms with Crippen LogP contribution in [0.3, 0.4) is 0 Å². The van der Waals surface area contributed by atoms with Crippen molar-refractivity contribution < 1.29 is 9.47 Å². The van der Waals surface area contributed by atoms with E-state index in [4.69, 9.17) is 38.4 Å². The topological polar surface area (TPSA) is 44.5 Å². The molecule has 3 rings (SSSR count). The Bertz CT molecular complexity index is 675. The summed E-state index contributed by atoms with van der Waals surface area (Å²) in [6.45, 7) is 0. The summed E-state index contributed by atoms with van der Waals surface area (Å²) in [5.74, 6) is 1.47. The molecule has 0 amide bonds. The Morgan fingerprint density at radius 1 is 1.19 bits per heavy atom. The van der Waals surface area contributed by atoms with E-state index in [1.807, 2.05) is 30.3 Å². The summed E-state index contributed by atoms with van der Waals surface area (Å²) in [6.07, 6.45) is 0.435. The van der Waals surface area contributed by atoms with E-state index in [0.717, 1.165) is 22.6 Å². The molecule has 0 saturated heterocycles. The molecule has 2 aromatic rings. The Hall–Kier alpha value is -1.42. The van der Waals surface area contributed by atoms with Gasteiger partial charge in [-0.1, -0.05) is 41.4 Å². The number of ether oxygens (including phenoxy) is 2. The third kappa shape index (κ3) is 2.69. The van der Waals surface area contributed by atoms with Crippen LogP contribution in [0.1, 0.15) is 29.7 Å². The van der Waals surface area contributed by atoms with Crippen molar-refractivity contribution in [2.24, 2.45) is 5.73 Å². The number of benzene rings is 2. The molecule has 0 aliphatic carbocycles. The first kappa shape index (κ1) is 14.5. The van der Waals surface area contributed by atoms with Gasteiger partial charge in [0.05, 0.1) is 17.2 Å². The second-order valence-electron chi connectivity index (χ2n) is 5.00. The van der Waals surface area contributed by atoms with Gasteiger partial charge in [-0.25, -0.2) is 0 Å². The molecule has 1 aliphatic heterocycles. The molecule has 2 N–H and O–H groups in total. The van der Waals surface area contributed by atoms with Gasteiger partial charge in [0, 0.05) is 29.7 Å². The lowest BCUT2D eigenvalue weighted by molar-refractivity contribution is 0.161. The van der Waals surface area contributed by atoms with Crippen LogP contribution in [0, 0.1) is 0 Å². The molecular weight excluding hydrogens is 309 g/mol. The number of hydrogen-bond donors (Lipinski definition) is 1. The summed E-state index contributed by atoms with van der Waals surface area (Å²) in [7, 11) is 1.62. The first-order valence-electron chi connectivity index (χ1n) is 6.64. The van der Waals surface area contributed by atoms with Crippen LogP contribution in [0.15, 0.2) is 36.4 Å². The number of fused-ring (bicyclic) bond motifs is 1. The highest BCUT2D eigenvalue weighted by Gasteiger charge is 2.29. The Kier molecular flexibility index (Phi) is 3.98. The lowest BCUT2D eigenvalue weighted by atomic mass is 9.93. The first-order chi connectivity index (χ1) is 10.1. The van der Waals surface area contributed by atoms with Gasteiger partial charge in [-0.15, -0.1) is 0 Å². The zero-order valence-electron chi connectivity index (χ0n) is 11.5. The molecule has 2 unspecified atom stereocenters. The van der Waals surface area contributed by atoms with E-state index in [0.29, 0.717) is 16.5 Å². The van der Waals surface area contributed by atoms with Crippen molar-refractivity contribution in [3.8, 4) is 11.5 Å². The number of rotatable bonds is 2. The van der Waals surface area contributed by atoms with Crippen molar-refractivity contribution in [1.82, 2.24) is 0 Å². The van der Waals surface area contributed by atoms with Crippen molar-refractivity contribution in [2.75, 3.05) is 7.11 Å². The minimum absolute atomic E-state index is 0.111. The van der Waals surface area contributed by atoms with Crippen molar-refractivity contribution in [2.45, 2.75) is 18.6 Å². The highest BCUT2D eigenvalue weighted by atomic mass is 35.5. The van der Waals surface area contributed by atoms with Gasteiger partial charge in [-0.2, -0.15) is 0 Å². The maximum Gasteiger partial charge on any atom is 0.128 e. The molecule has 1 aliphatic rings. The van der Waals surface area contributed by atoms with Crippen LogP contribution in [-0.2, 0) is 0 Å². The maximum atomic E-state index is 6.28. The van der Waals surface area contributed by atoms with Crippen LogP contribution in [0.4, 0.5) is 0 Å². The number of methoxy groups -OCH3 is 1. The van der Waals surface area contributed by atoms with Crippen LogP contribution in [-0.4, -0.2) is 7.11 Å². The van der Waals surface area contributed by atoms with Gasteiger partial charge in [-0.3, -0.25) is 0 Å². The molecule has 0 aromatic heterocycles. The summed E-state index contributed by atoms with van der Waals surface area (Å²) in [4.78, 5) is 0. The van der Waals surface area contributed by atoms with E-state index >= 15 is 0 Å². The molecule has 0 saturated carbocycles. The summed E-state index contributed by atoms with van der Waals surface area (Å²) in [5.41, 5.74) is 8.09. The second-order valence-corrected chi connectivity index (χ2v) is 5.78. The molecule has 110 valence electrons. The minimum Gasteiger partial charge on any atom is -0.497 e. The van der Waals surface area contributed by atoms with Crippen molar-refractivity contribution in [1.29, 1.82) is 0 Å². The van der Waals surface area contributed by atoms with Crippen LogP contribution >= 0.6 is 23.2 Å². The fourth-order valence-corrected chi connectivity index (χ4v) is 3.00. The fraction of sp³-hybridized carbons (Fsp3) is 0.250. The second kappa shape index (κ2) is 5.76. The molecule has 3 nitrogen and oxygen atoms in total. The number of halogens is 2. The van der Waals surface area contributed by atoms with Gasteiger partial charge in [0.2, 0.25) is 0 Å². The standard InChI is InChI=1S/C16H15Cl2NO2/c1-20-9-5-6-10-13(19)8-15(21-14(10)7-9)11-3-2-4-12(17)16(11)18/h2-7,13,15H,8,19H2,1H3. The number of nitrogens with two attached hydrogens (primary N) is 1. The van der Waals surface area contributed by atoms with E-state index in [-0.39, 0.29) is 12.1 Å². The Balaban J connectivity index is 1.99. The third-order valence-electron chi connectivity index (χ3n) is 3.69. The van der Waals surface area contributed by atoms with Crippen molar-refractivity contribution >= 4 is 23.2 Å². The van der Waals surface area contributed by atoms with E-state index in [1.165, 1.54) is 0 Å². The van der Waals surface area contributed by atoms with E-state index in [1.54, 1.807) is 13.2 Å². The molecular formula is C16H15Cl2NO2. The largest absolute Gasteiger partial charge is 0.497 e. The zero-order valence-corrected chi connectivity index (χ0v) is 13.0. The van der Waals surface area contributed by atoms with Crippen LogP contribution < -0.4 is 15.2 Å². The highest BCUT2D eigenvalue weighted by Crippen LogP contribution is 2.43. The first-order valence-corrected chi connectivity index (χ1v) is 7.40. The van der Waals surface area contributed by atoms with E-state index < -0.39 is 0 Å². The smallest absolute Gasteiger partial charge is 0.128 e. The molecule has 0 radical (unpaired) electrons. The average molecular weight is 324 g/mol. The Morgan fingerprint density at radius 2 is 2.00 bits per heavy atom. The van der Waals surface area contributed by atoms with Gasteiger partial charge in [0.1, 0.15) is 17.6 Å². The van der Waals surface area contributed by atoms with E-state index in [9.17, 15) is 0 Å². The Morgan fingerprint density at radius 3 is 2.76 bits per heavy atom. The molecule has 0 bridgehead atoms. The normalized spacial score (nSPS) is 20.6. The summed E-state index contributed by atoms with van der Waals surface area (Å²) in [6, 6.07) is 11.1. The van der Waals surface area contributed by atoms with Crippen LogP contribution in [0.25, 0.3) is 0 Å². The quantitative estimate of drug-likeness (QED) is 0.883. The molecule has 0 fully saturated rings. The third-order valence-corrected chi connectivity index (χ3v) is 4.52. The average Bonchev–Trinajstić information content (AvgIpc) is 2.49. The molecule has 21 heavy (non-hydrogen) atoms. The van der Waals surface area contributed by atoms with Gasteiger partial charge >= 0.3 is 0 Å². The summed E-state index contributed by atoms with van der Waals surface area (Å²) < 4.78 is 11.3. The SMILES string of the molecule is COc1ccc2c(c1)OC(c1cccc(Cl)c1Cl)CC2N. The summed E-state index contributed by atoms with van der Waals surface area (Å²) in [5, 5.41) is 1.03. The summed E-state index contributed by atoms with van der Waals surface area (Å²) >= 11 is 12.4. The van der Waals surface area contributed by atoms with Gasteiger partial charge in [0.25, 0.3) is 0 Å². The highest BCUT2D eigenvalue weighted by molar-refractivity contribution is 6.42. The maximum absolute atomic E-state index is 6.28. The molecule has 0 spiro atoms. The van der Waals surface area contributed by atoms with Crippen LogP contribution in [0.2, 0.25) is 10.0 Å². The fourth-order valence-electron chi connectivity index (χ4n) is 2.57. The minimum atomic E-state index is -0.217. The van der Waals surface area contributed by atoms with Crippen LogP contribution in [0.5, 0.6) is 11.5 Å². The molecule has 1 heterocycles. The lowest BCUT2D eigenvalue weighted by Crippen LogP contribution is -2.24. The molecule has 5 heteroatoms. The van der Waals surface area contributed by atoms with Crippen molar-refractivity contribution in [3.05, 3.63) is 57.6 Å². The van der Waals surface area contributed by atoms with E-state index in [2.05, 4.69) is 0 Å². The van der Waals surface area contributed by atoms with Gasteiger partial charge < -0.3 is 15.2 Å². The predicted octanol–water partition coefficient (Wildman–Crippen LogP) is 4.53. The Labute approximate surface area is 133 Å². The predicted molar refractivity (Wildman–Crippen MR) is 84.4 cm³/mol. The monoisotopic (exact) mass is 323 g/mol. The number of hydrogen-bond acceptors (Lipinski definition) is 3. The van der Waals surface area contributed by atoms with Crippen molar-refractivity contribution in [3.63, 3.8) is 0 Å². The van der Waals surface area contributed by atoms with Gasteiger partial charge in [-0.05, 0) is 12.1 Å². The van der Waals surface area contributed by atoms with Gasteiger partial charge in [0.15, 0.2) is 0 Å². The zero-order chi connectivity index (χ0) is 15.0.